The van der Waals surface area contributed by atoms with Crippen LogP contribution in [-0.2, 0) is 0 Å². The van der Waals surface area contributed by atoms with Gasteiger partial charge in [0, 0.05) is 37.3 Å². The lowest BCUT2D eigenvalue weighted by atomic mass is 10.1. The van der Waals surface area contributed by atoms with E-state index >= 15 is 0 Å². The summed E-state index contributed by atoms with van der Waals surface area (Å²) in [5.41, 5.74) is 0.483. The number of ether oxygens (including phenoxy) is 2. The van der Waals surface area contributed by atoms with Crippen LogP contribution in [0.2, 0.25) is 0 Å². The molecule has 1 aromatic heterocycles. The molecule has 1 fully saturated rings. The van der Waals surface area contributed by atoms with Crippen LogP contribution in [0.3, 0.4) is 0 Å². The Balaban J connectivity index is 1.45. The summed E-state index contributed by atoms with van der Waals surface area (Å²) in [5, 5.41) is 0. The summed E-state index contributed by atoms with van der Waals surface area (Å²) in [6, 6.07) is 14.7. The van der Waals surface area contributed by atoms with Crippen molar-refractivity contribution in [3.8, 4) is 17.4 Å². The largest absolute Gasteiger partial charge is 0.493 e. The van der Waals surface area contributed by atoms with E-state index in [0.717, 1.165) is 5.82 Å². The van der Waals surface area contributed by atoms with Crippen LogP contribution in [-0.4, -0.2) is 53.6 Å². The highest BCUT2D eigenvalue weighted by molar-refractivity contribution is 5.94. The van der Waals surface area contributed by atoms with Gasteiger partial charge in [0.25, 0.3) is 5.91 Å². The van der Waals surface area contributed by atoms with Gasteiger partial charge < -0.3 is 19.3 Å². The first-order valence-corrected chi connectivity index (χ1v) is 9.99. The number of benzene rings is 2. The lowest BCUT2D eigenvalue weighted by Crippen LogP contribution is -2.54. The Morgan fingerprint density at radius 1 is 1.06 bits per heavy atom. The average molecular weight is 422 g/mol. The molecule has 160 valence electrons. The zero-order chi connectivity index (χ0) is 21.8. The van der Waals surface area contributed by atoms with Gasteiger partial charge in [-0.15, -0.1) is 0 Å². The summed E-state index contributed by atoms with van der Waals surface area (Å²) in [5.74, 6) is 1.86. The molecule has 0 N–H and O–H groups in total. The van der Waals surface area contributed by atoms with Crippen molar-refractivity contribution in [3.63, 3.8) is 0 Å². The first kappa shape index (κ1) is 20.6. The third-order valence-electron chi connectivity index (χ3n) is 5.21. The van der Waals surface area contributed by atoms with E-state index in [1.807, 2.05) is 31.2 Å². The molecule has 0 radical (unpaired) electrons. The van der Waals surface area contributed by atoms with Crippen molar-refractivity contribution >= 4 is 11.7 Å². The molecular formula is C23H23FN4O3. The molecule has 0 aliphatic carbocycles. The quantitative estimate of drug-likeness (QED) is 0.624. The molecule has 7 nitrogen and oxygen atoms in total. The normalized spacial score (nSPS) is 16.2. The van der Waals surface area contributed by atoms with Gasteiger partial charge >= 0.3 is 0 Å². The SMILES string of the molecule is COc1ccccc1Oc1cc(N2CCN(C(=O)c3ccc(F)cc3)[C@@H](C)C2)ncn1. The molecule has 1 aliphatic rings. The number of amides is 1. The molecule has 8 heteroatoms. The molecule has 31 heavy (non-hydrogen) atoms. The standard InChI is InChI=1S/C23H23FN4O3/c1-16-14-27(11-12-28(16)23(29)17-7-9-18(24)10-8-17)21-13-22(26-15-25-21)31-20-6-4-3-5-19(20)30-2/h3-10,13,15-16H,11-12,14H2,1-2H3/t16-/m0/s1. The number of halogens is 1. The minimum Gasteiger partial charge on any atom is -0.493 e. The van der Waals surface area contributed by atoms with Crippen molar-refractivity contribution in [1.29, 1.82) is 0 Å². The van der Waals surface area contributed by atoms with Gasteiger partial charge in [-0.1, -0.05) is 12.1 Å². The predicted molar refractivity (Wildman–Crippen MR) is 114 cm³/mol. The maximum atomic E-state index is 13.2. The molecular weight excluding hydrogens is 399 g/mol. The van der Waals surface area contributed by atoms with Gasteiger partial charge in [-0.3, -0.25) is 4.79 Å². The van der Waals surface area contributed by atoms with Crippen molar-refractivity contribution in [2.75, 3.05) is 31.6 Å². The van der Waals surface area contributed by atoms with Crippen LogP contribution in [0.5, 0.6) is 17.4 Å². The first-order chi connectivity index (χ1) is 15.0. The number of para-hydroxylation sites is 2. The molecule has 0 bridgehead atoms. The summed E-state index contributed by atoms with van der Waals surface area (Å²) in [7, 11) is 1.59. The van der Waals surface area contributed by atoms with Crippen molar-refractivity contribution < 1.29 is 18.7 Å². The van der Waals surface area contributed by atoms with Crippen LogP contribution in [0.4, 0.5) is 10.2 Å². The van der Waals surface area contributed by atoms with E-state index in [2.05, 4.69) is 14.9 Å². The second-order valence-corrected chi connectivity index (χ2v) is 7.27. The molecule has 3 aromatic rings. The number of carbonyl (C=O) groups excluding carboxylic acids is 1. The highest BCUT2D eigenvalue weighted by Crippen LogP contribution is 2.31. The maximum Gasteiger partial charge on any atom is 0.254 e. The summed E-state index contributed by atoms with van der Waals surface area (Å²) in [6.45, 7) is 3.74. The molecule has 0 spiro atoms. The van der Waals surface area contributed by atoms with Crippen molar-refractivity contribution in [2.45, 2.75) is 13.0 Å². The van der Waals surface area contributed by atoms with E-state index in [-0.39, 0.29) is 17.8 Å². The van der Waals surface area contributed by atoms with Crippen molar-refractivity contribution in [2.24, 2.45) is 0 Å². The fraction of sp³-hybridized carbons (Fsp3) is 0.261. The minimum absolute atomic E-state index is 0.0418. The lowest BCUT2D eigenvalue weighted by molar-refractivity contribution is 0.0673. The molecule has 2 heterocycles. The fourth-order valence-corrected chi connectivity index (χ4v) is 3.60. The molecule has 1 amide bonds. The van der Waals surface area contributed by atoms with Crippen LogP contribution >= 0.6 is 0 Å². The lowest BCUT2D eigenvalue weighted by Gasteiger charge is -2.40. The second-order valence-electron chi connectivity index (χ2n) is 7.27. The van der Waals surface area contributed by atoms with Gasteiger partial charge in [0.15, 0.2) is 11.5 Å². The third-order valence-corrected chi connectivity index (χ3v) is 5.21. The third kappa shape index (κ3) is 4.58. The zero-order valence-electron chi connectivity index (χ0n) is 17.4. The van der Waals surface area contributed by atoms with Gasteiger partial charge in [0.2, 0.25) is 5.88 Å². The predicted octanol–water partition coefficient (Wildman–Crippen LogP) is 3.77. The van der Waals surface area contributed by atoms with E-state index in [9.17, 15) is 9.18 Å². The summed E-state index contributed by atoms with van der Waals surface area (Å²) >= 11 is 0. The number of hydrogen-bond donors (Lipinski definition) is 0. The van der Waals surface area contributed by atoms with Crippen LogP contribution in [0.15, 0.2) is 60.9 Å². The maximum absolute atomic E-state index is 13.2. The molecule has 1 saturated heterocycles. The van der Waals surface area contributed by atoms with Gasteiger partial charge in [0.1, 0.15) is 18.0 Å². The second kappa shape index (κ2) is 8.99. The van der Waals surface area contributed by atoms with Gasteiger partial charge in [0.05, 0.1) is 7.11 Å². The Kier molecular flexibility index (Phi) is 5.97. The van der Waals surface area contributed by atoms with Crippen molar-refractivity contribution in [1.82, 2.24) is 14.9 Å². The Morgan fingerprint density at radius 2 is 1.81 bits per heavy atom. The van der Waals surface area contributed by atoms with Gasteiger partial charge in [-0.2, -0.15) is 0 Å². The fourth-order valence-electron chi connectivity index (χ4n) is 3.60. The first-order valence-electron chi connectivity index (χ1n) is 9.99. The van der Waals surface area contributed by atoms with Crippen LogP contribution in [0.25, 0.3) is 0 Å². The Hall–Kier alpha value is -3.68. The van der Waals surface area contributed by atoms with Crippen LogP contribution in [0, 0.1) is 5.82 Å². The van der Waals surface area contributed by atoms with E-state index in [1.54, 1.807) is 18.1 Å². The molecule has 0 unspecified atom stereocenters. The number of hydrogen-bond acceptors (Lipinski definition) is 6. The van der Waals surface area contributed by atoms with Gasteiger partial charge in [-0.05, 0) is 43.3 Å². The Bertz CT molecular complexity index is 1060. The summed E-state index contributed by atoms with van der Waals surface area (Å²) in [6.07, 6.45) is 1.46. The zero-order valence-corrected chi connectivity index (χ0v) is 17.4. The number of anilines is 1. The number of nitrogens with zero attached hydrogens (tertiary/aromatic N) is 4. The summed E-state index contributed by atoms with van der Waals surface area (Å²) in [4.78, 5) is 25.3. The van der Waals surface area contributed by atoms with E-state index in [0.29, 0.717) is 42.6 Å². The monoisotopic (exact) mass is 422 g/mol. The Morgan fingerprint density at radius 3 is 2.52 bits per heavy atom. The highest BCUT2D eigenvalue weighted by Gasteiger charge is 2.29. The van der Waals surface area contributed by atoms with E-state index in [4.69, 9.17) is 9.47 Å². The van der Waals surface area contributed by atoms with Gasteiger partial charge in [-0.25, -0.2) is 14.4 Å². The van der Waals surface area contributed by atoms with Crippen LogP contribution in [0.1, 0.15) is 17.3 Å². The molecule has 1 aliphatic heterocycles. The highest BCUT2D eigenvalue weighted by atomic mass is 19.1. The Labute approximate surface area is 180 Å². The molecule has 0 saturated carbocycles. The number of rotatable bonds is 5. The number of aromatic nitrogens is 2. The average Bonchev–Trinajstić information content (AvgIpc) is 2.79. The molecule has 2 aromatic carbocycles. The number of piperazine rings is 1. The van der Waals surface area contributed by atoms with E-state index < -0.39 is 0 Å². The minimum atomic E-state index is -0.357. The topological polar surface area (TPSA) is 67.8 Å². The molecule has 1 atom stereocenters. The number of methoxy groups -OCH3 is 1. The smallest absolute Gasteiger partial charge is 0.254 e. The van der Waals surface area contributed by atoms with E-state index in [1.165, 1.54) is 30.6 Å². The van der Waals surface area contributed by atoms with Crippen molar-refractivity contribution in [3.05, 3.63) is 72.3 Å². The van der Waals surface area contributed by atoms with Crippen LogP contribution < -0.4 is 14.4 Å². The molecule has 4 rings (SSSR count). The number of carbonyl (C=O) groups is 1. The summed E-state index contributed by atoms with van der Waals surface area (Å²) < 4.78 is 24.4.